The molecule has 0 nitrogen and oxygen atoms in total. The van der Waals surface area contributed by atoms with Gasteiger partial charge >= 0.3 is 0 Å². The van der Waals surface area contributed by atoms with Crippen molar-refractivity contribution in [1.29, 1.82) is 0 Å². The lowest BCUT2D eigenvalue weighted by Crippen LogP contribution is -2.06. The molecule has 1 rings (SSSR count). The molecule has 0 N–H and O–H groups in total. The van der Waals surface area contributed by atoms with Gasteiger partial charge in [0.1, 0.15) is 0 Å². The molecule has 1 heteroatoms. The summed E-state index contributed by atoms with van der Waals surface area (Å²) in [7, 11) is 0. The fourth-order valence-electron chi connectivity index (χ4n) is 1.43. The molecule has 0 bridgehead atoms. The monoisotopic (exact) mass is 204 g/mol. The number of halogens is 1. The lowest BCUT2D eigenvalue weighted by molar-refractivity contribution is 0.446. The molecule has 0 aromatic carbocycles. The molecule has 0 unspecified atom stereocenters. The third kappa shape index (κ3) is 2.26. The van der Waals surface area contributed by atoms with Crippen LogP contribution in [0, 0.1) is 5.92 Å². The third-order valence-corrected chi connectivity index (χ3v) is 3.72. The van der Waals surface area contributed by atoms with Crippen molar-refractivity contribution >= 4 is 15.9 Å². The van der Waals surface area contributed by atoms with Gasteiger partial charge in [-0.25, -0.2) is 0 Å². The molecule has 0 aromatic rings. The fourth-order valence-corrected chi connectivity index (χ4v) is 2.09. The van der Waals surface area contributed by atoms with Crippen LogP contribution < -0.4 is 0 Å². The molecule has 1 aliphatic carbocycles. The minimum Gasteiger partial charge on any atom is -0.0853 e. The Bertz CT molecular complexity index is 101. The molecule has 1 saturated carbocycles. The highest BCUT2D eigenvalue weighted by molar-refractivity contribution is 9.10. The molecule has 10 heavy (non-hydrogen) atoms. The molecule has 0 heterocycles. The summed E-state index contributed by atoms with van der Waals surface area (Å²) in [5.74, 6) is 0.960. The van der Waals surface area contributed by atoms with Crippen LogP contribution in [0.4, 0.5) is 0 Å². The van der Waals surface area contributed by atoms with E-state index in [1.807, 2.05) is 0 Å². The van der Waals surface area contributed by atoms with Crippen LogP contribution in [-0.4, -0.2) is 4.32 Å². The van der Waals surface area contributed by atoms with Gasteiger partial charge in [-0.2, -0.15) is 0 Å². The van der Waals surface area contributed by atoms with E-state index in [9.17, 15) is 0 Å². The van der Waals surface area contributed by atoms with Crippen LogP contribution in [-0.2, 0) is 0 Å². The highest BCUT2D eigenvalue weighted by Crippen LogP contribution is 2.49. The zero-order chi connectivity index (χ0) is 7.61. The minimum atomic E-state index is 0.587. The summed E-state index contributed by atoms with van der Waals surface area (Å²) in [6, 6.07) is 0. The maximum absolute atomic E-state index is 3.77. The van der Waals surface area contributed by atoms with E-state index in [4.69, 9.17) is 0 Å². The highest BCUT2D eigenvalue weighted by Gasteiger charge is 2.40. The van der Waals surface area contributed by atoms with E-state index < -0.39 is 0 Å². The van der Waals surface area contributed by atoms with Crippen molar-refractivity contribution in [3.05, 3.63) is 0 Å². The van der Waals surface area contributed by atoms with Gasteiger partial charge in [-0.05, 0) is 25.2 Å². The SMILES string of the molecule is CCC(CC)CC1(Br)CC1. The van der Waals surface area contributed by atoms with E-state index in [1.54, 1.807) is 0 Å². The summed E-state index contributed by atoms with van der Waals surface area (Å²) in [4.78, 5) is 0. The summed E-state index contributed by atoms with van der Waals surface area (Å²) >= 11 is 3.77. The first-order valence-corrected chi connectivity index (χ1v) is 5.18. The summed E-state index contributed by atoms with van der Waals surface area (Å²) in [5.41, 5.74) is 0. The molecular formula is C9H17Br. The van der Waals surface area contributed by atoms with Crippen LogP contribution in [0.15, 0.2) is 0 Å². The second-order valence-corrected chi connectivity index (χ2v) is 5.22. The van der Waals surface area contributed by atoms with Crippen molar-refractivity contribution < 1.29 is 0 Å². The first kappa shape index (κ1) is 8.58. The van der Waals surface area contributed by atoms with Crippen LogP contribution in [0.1, 0.15) is 46.0 Å². The number of hydrogen-bond acceptors (Lipinski definition) is 0. The van der Waals surface area contributed by atoms with Gasteiger partial charge in [0.25, 0.3) is 0 Å². The quantitative estimate of drug-likeness (QED) is 0.613. The van der Waals surface area contributed by atoms with E-state index in [0.717, 1.165) is 5.92 Å². The largest absolute Gasteiger partial charge is 0.0853 e. The van der Waals surface area contributed by atoms with Crippen molar-refractivity contribution in [3.8, 4) is 0 Å². The van der Waals surface area contributed by atoms with E-state index in [1.165, 1.54) is 32.1 Å². The minimum absolute atomic E-state index is 0.587. The molecule has 1 aliphatic rings. The van der Waals surface area contributed by atoms with Gasteiger partial charge < -0.3 is 0 Å². The lowest BCUT2D eigenvalue weighted by atomic mass is 9.97. The van der Waals surface area contributed by atoms with E-state index in [0.29, 0.717) is 4.32 Å². The maximum atomic E-state index is 3.77. The van der Waals surface area contributed by atoms with Crippen molar-refractivity contribution in [1.82, 2.24) is 0 Å². The van der Waals surface area contributed by atoms with Crippen LogP contribution in [0.25, 0.3) is 0 Å². The van der Waals surface area contributed by atoms with Crippen LogP contribution in [0.3, 0.4) is 0 Å². The molecule has 0 aromatic heterocycles. The highest BCUT2D eigenvalue weighted by atomic mass is 79.9. The summed E-state index contributed by atoms with van der Waals surface area (Å²) < 4.78 is 0.587. The fraction of sp³-hybridized carbons (Fsp3) is 1.00. The topological polar surface area (TPSA) is 0 Å². The molecule has 60 valence electrons. The van der Waals surface area contributed by atoms with Crippen molar-refractivity contribution in [2.75, 3.05) is 0 Å². The Morgan fingerprint density at radius 2 is 1.80 bits per heavy atom. The Kier molecular flexibility index (Phi) is 2.79. The second-order valence-electron chi connectivity index (χ2n) is 3.54. The van der Waals surface area contributed by atoms with Crippen LogP contribution >= 0.6 is 15.9 Å². The lowest BCUT2D eigenvalue weighted by Gasteiger charge is -2.15. The molecule has 0 saturated heterocycles. The summed E-state index contributed by atoms with van der Waals surface area (Å²) in [5, 5.41) is 0. The standard InChI is InChI=1S/C9H17Br/c1-3-8(4-2)7-9(10)5-6-9/h8H,3-7H2,1-2H3. The van der Waals surface area contributed by atoms with Gasteiger partial charge in [-0.1, -0.05) is 42.6 Å². The molecule has 0 spiro atoms. The average Bonchev–Trinajstić information content (AvgIpc) is 2.64. The number of rotatable bonds is 4. The Morgan fingerprint density at radius 3 is 2.10 bits per heavy atom. The number of alkyl halides is 1. The van der Waals surface area contributed by atoms with Crippen LogP contribution in [0.2, 0.25) is 0 Å². The Hall–Kier alpha value is 0.480. The summed E-state index contributed by atoms with van der Waals surface area (Å²) in [6.07, 6.45) is 6.92. The molecule has 0 atom stereocenters. The Morgan fingerprint density at radius 1 is 1.30 bits per heavy atom. The first-order valence-electron chi connectivity index (χ1n) is 4.39. The van der Waals surface area contributed by atoms with Crippen molar-refractivity contribution in [2.45, 2.75) is 50.3 Å². The molecule has 0 amide bonds. The van der Waals surface area contributed by atoms with Gasteiger partial charge in [-0.3, -0.25) is 0 Å². The van der Waals surface area contributed by atoms with Crippen LogP contribution in [0.5, 0.6) is 0 Å². The van der Waals surface area contributed by atoms with E-state index in [-0.39, 0.29) is 0 Å². The van der Waals surface area contributed by atoms with E-state index >= 15 is 0 Å². The third-order valence-electron chi connectivity index (χ3n) is 2.60. The molecule has 0 radical (unpaired) electrons. The molecule has 0 aliphatic heterocycles. The Balaban J connectivity index is 2.21. The van der Waals surface area contributed by atoms with Gasteiger partial charge in [0, 0.05) is 4.32 Å². The normalized spacial score (nSPS) is 21.6. The van der Waals surface area contributed by atoms with Gasteiger partial charge in [0.05, 0.1) is 0 Å². The van der Waals surface area contributed by atoms with E-state index in [2.05, 4.69) is 29.8 Å². The first-order chi connectivity index (χ1) is 4.70. The number of hydrogen-bond donors (Lipinski definition) is 0. The van der Waals surface area contributed by atoms with Gasteiger partial charge in [0.2, 0.25) is 0 Å². The van der Waals surface area contributed by atoms with Crippen molar-refractivity contribution in [2.24, 2.45) is 5.92 Å². The second kappa shape index (κ2) is 3.25. The summed E-state index contributed by atoms with van der Waals surface area (Å²) in [6.45, 7) is 4.60. The smallest absolute Gasteiger partial charge is 0.0261 e. The predicted octanol–water partition coefficient (Wildman–Crippen LogP) is 3.74. The maximum Gasteiger partial charge on any atom is 0.0261 e. The van der Waals surface area contributed by atoms with Gasteiger partial charge in [-0.15, -0.1) is 0 Å². The Labute approximate surface area is 72.5 Å². The predicted molar refractivity (Wildman–Crippen MR) is 49.6 cm³/mol. The average molecular weight is 205 g/mol. The van der Waals surface area contributed by atoms with Gasteiger partial charge in [0.15, 0.2) is 0 Å². The van der Waals surface area contributed by atoms with Crippen molar-refractivity contribution in [3.63, 3.8) is 0 Å². The zero-order valence-electron chi connectivity index (χ0n) is 6.99. The molecular weight excluding hydrogens is 188 g/mol. The molecule has 1 fully saturated rings. The zero-order valence-corrected chi connectivity index (χ0v) is 8.58.